The maximum absolute atomic E-state index is 11.5. The van der Waals surface area contributed by atoms with Gasteiger partial charge in [0.1, 0.15) is 0 Å². The number of nitrogens with zero attached hydrogens (tertiary/aromatic N) is 3. The molecule has 0 unspecified atom stereocenters. The Morgan fingerprint density at radius 3 is 2.50 bits per heavy atom. The van der Waals surface area contributed by atoms with Crippen molar-refractivity contribution in [1.82, 2.24) is 9.55 Å². The predicted molar refractivity (Wildman–Crippen MR) is 124 cm³/mol. The monoisotopic (exact) mass is 470 g/mol. The minimum atomic E-state index is -0.0731. The van der Waals surface area contributed by atoms with E-state index in [9.17, 15) is 4.79 Å². The molecule has 9 heteroatoms. The number of aliphatic imine (C=N–C) groups is 1. The number of hydrogen-bond acceptors (Lipinski definition) is 4. The van der Waals surface area contributed by atoms with Crippen LogP contribution in [-0.4, -0.2) is 39.8 Å². The Hall–Kier alpha value is -2.26. The standard InChI is InChI=1S/C25H20N4O3.2Na/c1-2-32-25-28-22-9-5-6-19(15-30)23(22)29(25)14-17-10-12-18(13-11-17)20-7-3-4-8-21(20)24(26)27-16-31;;/h3-13H,2,14H2,1H3,(H2,26,27,31);;/q-2;2*+1. The molecule has 1 heterocycles. The number of amidine groups is 1. The molecule has 0 radical (unpaired) electrons. The molecule has 0 atom stereocenters. The molecule has 0 bridgehead atoms. The summed E-state index contributed by atoms with van der Waals surface area (Å²) < 4.78 is 7.59. The van der Waals surface area contributed by atoms with Gasteiger partial charge < -0.3 is 29.6 Å². The first-order chi connectivity index (χ1) is 15.7. The van der Waals surface area contributed by atoms with Crippen LogP contribution in [-0.2, 0) is 11.3 Å². The minimum Gasteiger partial charge on any atom is -0.588 e. The molecule has 3 aromatic carbocycles. The number of nitrogens with one attached hydrogen (secondary N) is 1. The summed E-state index contributed by atoms with van der Waals surface area (Å²) in [6.45, 7) is 2.81. The maximum atomic E-state index is 11.5. The Labute approximate surface area is 242 Å². The van der Waals surface area contributed by atoms with Crippen LogP contribution in [0.1, 0.15) is 23.6 Å². The number of benzene rings is 3. The van der Waals surface area contributed by atoms with Gasteiger partial charge in [-0.15, -0.1) is 11.6 Å². The third-order valence-electron chi connectivity index (χ3n) is 5.06. The van der Waals surface area contributed by atoms with Crippen LogP contribution in [0.5, 0.6) is 6.01 Å². The zero-order valence-electron chi connectivity index (χ0n) is 19.4. The van der Waals surface area contributed by atoms with Crippen molar-refractivity contribution in [2.45, 2.75) is 13.5 Å². The van der Waals surface area contributed by atoms with Crippen molar-refractivity contribution in [2.24, 2.45) is 4.99 Å². The number of rotatable bonds is 7. The fraction of sp³-hybridized carbons (Fsp3) is 0.120. The van der Waals surface area contributed by atoms with E-state index in [2.05, 4.69) is 9.98 Å². The maximum Gasteiger partial charge on any atom is 1.00 e. The first kappa shape index (κ1) is 28.0. The smallest absolute Gasteiger partial charge is 0.588 e. The van der Waals surface area contributed by atoms with E-state index in [4.69, 9.17) is 15.3 Å². The van der Waals surface area contributed by atoms with E-state index in [1.54, 1.807) is 24.6 Å². The zero-order valence-corrected chi connectivity index (χ0v) is 23.4. The molecule has 0 spiro atoms. The average molecular weight is 470 g/mol. The fourth-order valence-corrected chi connectivity index (χ4v) is 3.66. The first-order valence-electron chi connectivity index (χ1n) is 10.0. The average Bonchev–Trinajstić information content (AvgIpc) is 3.17. The summed E-state index contributed by atoms with van der Waals surface area (Å²) in [4.78, 5) is 19.6. The van der Waals surface area contributed by atoms with Gasteiger partial charge in [0.25, 0.3) is 6.01 Å². The fourth-order valence-electron chi connectivity index (χ4n) is 3.66. The second-order valence-corrected chi connectivity index (χ2v) is 6.99. The predicted octanol–water partition coefficient (Wildman–Crippen LogP) is -1.60. The van der Waals surface area contributed by atoms with Crippen molar-refractivity contribution in [1.29, 1.82) is 5.41 Å². The van der Waals surface area contributed by atoms with Gasteiger partial charge in [-0.3, -0.25) is 0 Å². The van der Waals surface area contributed by atoms with E-state index in [-0.39, 0.29) is 65.0 Å². The van der Waals surface area contributed by atoms with Crippen molar-refractivity contribution in [3.8, 4) is 17.1 Å². The quantitative estimate of drug-likeness (QED) is 0.147. The molecule has 4 rings (SSSR count). The van der Waals surface area contributed by atoms with E-state index in [0.717, 1.165) is 16.7 Å². The summed E-state index contributed by atoms with van der Waals surface area (Å²) in [5.41, 5.74) is 5.11. The normalized spacial score (nSPS) is 10.5. The Kier molecular flexibility index (Phi) is 10.7. The molecular formula is C25H20N4Na2O3. The van der Waals surface area contributed by atoms with Crippen LogP contribution in [0.2, 0.25) is 0 Å². The summed E-state index contributed by atoms with van der Waals surface area (Å²) in [7, 11) is 0. The van der Waals surface area contributed by atoms with Crippen LogP contribution in [0.4, 0.5) is 0 Å². The second kappa shape index (κ2) is 13.0. The van der Waals surface area contributed by atoms with E-state index in [1.807, 2.05) is 66.3 Å². The molecule has 160 valence electrons. The SMILES string of the molecule is CCOc1nc2cccc([C-]=O)c2n1Cc1ccc(-c2ccccc2C(=N)N=[C-]O)cc1.[Na+].[Na+]. The van der Waals surface area contributed by atoms with Crippen molar-refractivity contribution in [3.63, 3.8) is 0 Å². The Morgan fingerprint density at radius 1 is 1.09 bits per heavy atom. The number of ether oxygens (including phenoxy) is 1. The zero-order chi connectivity index (χ0) is 22.5. The number of aliphatic hydroxyl groups is 1. The molecule has 0 saturated carbocycles. The number of carbonyl (C=O) groups excluding carboxylic acids is 1. The molecule has 2 N–H and O–H groups in total. The number of aliphatic hydroxyl groups excluding tert-OH is 1. The minimum absolute atomic E-state index is 0. The van der Waals surface area contributed by atoms with Gasteiger partial charge in [-0.05, 0) is 35.0 Å². The van der Waals surface area contributed by atoms with Crippen LogP contribution >= 0.6 is 0 Å². The van der Waals surface area contributed by atoms with Gasteiger partial charge in [0, 0.05) is 18.5 Å². The molecule has 0 fully saturated rings. The topological polar surface area (TPSA) is 101 Å². The largest absolute Gasteiger partial charge is 1.00 e. The molecular weight excluding hydrogens is 450 g/mol. The Bertz CT molecular complexity index is 1320. The summed E-state index contributed by atoms with van der Waals surface area (Å²) in [5.74, 6) is -0.0731. The summed E-state index contributed by atoms with van der Waals surface area (Å²) >= 11 is 0. The Balaban J connectivity index is 0.00000204. The van der Waals surface area contributed by atoms with E-state index in [1.165, 1.54) is 0 Å². The van der Waals surface area contributed by atoms with E-state index in [0.29, 0.717) is 41.3 Å². The summed E-state index contributed by atoms with van der Waals surface area (Å²) in [6.07, 6.45) is 3.66. The molecule has 0 amide bonds. The van der Waals surface area contributed by atoms with Gasteiger partial charge >= 0.3 is 59.1 Å². The number of fused-ring (bicyclic) bond motifs is 1. The molecule has 0 aliphatic heterocycles. The van der Waals surface area contributed by atoms with Gasteiger partial charge in [-0.2, -0.15) is 6.07 Å². The number of aromatic nitrogens is 2. The van der Waals surface area contributed by atoms with Crippen LogP contribution in [0.3, 0.4) is 0 Å². The van der Waals surface area contributed by atoms with Crippen LogP contribution in [0.25, 0.3) is 22.2 Å². The van der Waals surface area contributed by atoms with Crippen molar-refractivity contribution in [3.05, 3.63) is 83.4 Å². The molecule has 1 aromatic heterocycles. The van der Waals surface area contributed by atoms with Crippen LogP contribution in [0, 0.1) is 5.41 Å². The summed E-state index contributed by atoms with van der Waals surface area (Å²) in [5, 5.41) is 16.8. The van der Waals surface area contributed by atoms with Gasteiger partial charge in [-0.25, -0.2) is 4.98 Å². The molecule has 0 aliphatic rings. The van der Waals surface area contributed by atoms with E-state index >= 15 is 0 Å². The van der Waals surface area contributed by atoms with Crippen molar-refractivity contribution >= 4 is 29.6 Å². The van der Waals surface area contributed by atoms with Gasteiger partial charge in [-0.1, -0.05) is 60.2 Å². The van der Waals surface area contributed by atoms with Crippen LogP contribution in [0.15, 0.2) is 71.7 Å². The van der Waals surface area contributed by atoms with Crippen molar-refractivity contribution < 1.29 is 73.8 Å². The number of imidazole rings is 1. The molecule has 0 aliphatic carbocycles. The summed E-state index contributed by atoms with van der Waals surface area (Å²) in [6, 6.07) is 21.0. The third-order valence-corrected chi connectivity index (χ3v) is 5.06. The third kappa shape index (κ3) is 5.86. The molecule has 34 heavy (non-hydrogen) atoms. The second-order valence-electron chi connectivity index (χ2n) is 6.99. The molecule has 7 nitrogen and oxygen atoms in total. The number of hydrogen-bond donors (Lipinski definition) is 2. The molecule has 4 aromatic rings. The number of para-hydroxylation sites is 1. The van der Waals surface area contributed by atoms with Gasteiger partial charge in [0.05, 0.1) is 12.9 Å². The van der Waals surface area contributed by atoms with Crippen molar-refractivity contribution in [2.75, 3.05) is 6.61 Å². The van der Waals surface area contributed by atoms with Gasteiger partial charge in [0.15, 0.2) is 0 Å². The van der Waals surface area contributed by atoms with Crippen LogP contribution < -0.4 is 63.9 Å². The first-order valence-corrected chi connectivity index (χ1v) is 10.0. The van der Waals surface area contributed by atoms with Gasteiger partial charge in [0.2, 0.25) is 0 Å². The molecule has 0 saturated heterocycles. The van der Waals surface area contributed by atoms with E-state index < -0.39 is 0 Å². The Morgan fingerprint density at radius 2 is 1.82 bits per heavy atom.